The van der Waals surface area contributed by atoms with Gasteiger partial charge in [0, 0.05) is 6.04 Å². The molecule has 94 valence electrons. The minimum absolute atomic E-state index is 0.208. The predicted molar refractivity (Wildman–Crippen MR) is 71.2 cm³/mol. The van der Waals surface area contributed by atoms with Crippen molar-refractivity contribution in [3.05, 3.63) is 29.8 Å². The Morgan fingerprint density at radius 2 is 2.12 bits per heavy atom. The molecular weight excluding hydrogens is 210 g/mol. The molecule has 0 amide bonds. The quantitative estimate of drug-likeness (QED) is 0.848. The zero-order valence-corrected chi connectivity index (χ0v) is 10.7. The number of benzene rings is 1. The molecule has 0 saturated heterocycles. The average Bonchev–Trinajstić information content (AvgIpc) is 2.79. The molecular formula is C15H23NO. The highest BCUT2D eigenvalue weighted by Gasteiger charge is 2.15. The molecule has 0 bridgehead atoms. The van der Waals surface area contributed by atoms with Crippen LogP contribution in [-0.2, 0) is 6.42 Å². The first-order valence-electron chi connectivity index (χ1n) is 6.71. The summed E-state index contributed by atoms with van der Waals surface area (Å²) in [4.78, 5) is 0. The van der Waals surface area contributed by atoms with Gasteiger partial charge in [-0.2, -0.15) is 0 Å². The van der Waals surface area contributed by atoms with Crippen molar-refractivity contribution in [2.24, 2.45) is 11.7 Å². The van der Waals surface area contributed by atoms with E-state index in [1.807, 2.05) is 13.0 Å². The molecule has 1 aromatic rings. The molecule has 0 aliphatic heterocycles. The van der Waals surface area contributed by atoms with Crippen LogP contribution in [0.3, 0.4) is 0 Å². The van der Waals surface area contributed by atoms with Gasteiger partial charge in [-0.1, -0.05) is 25.0 Å². The van der Waals surface area contributed by atoms with Crippen LogP contribution in [0, 0.1) is 5.92 Å². The van der Waals surface area contributed by atoms with Gasteiger partial charge in [-0.25, -0.2) is 0 Å². The summed E-state index contributed by atoms with van der Waals surface area (Å²) in [5.74, 6) is 1.77. The zero-order valence-electron chi connectivity index (χ0n) is 10.7. The molecule has 1 aliphatic carbocycles. The van der Waals surface area contributed by atoms with Crippen molar-refractivity contribution in [3.63, 3.8) is 0 Å². The van der Waals surface area contributed by atoms with E-state index in [2.05, 4.69) is 18.2 Å². The summed E-state index contributed by atoms with van der Waals surface area (Å²) in [7, 11) is 0. The molecule has 1 saturated carbocycles. The van der Waals surface area contributed by atoms with Crippen molar-refractivity contribution in [1.29, 1.82) is 0 Å². The van der Waals surface area contributed by atoms with Crippen LogP contribution in [-0.4, -0.2) is 12.6 Å². The maximum atomic E-state index is 5.87. The van der Waals surface area contributed by atoms with Crippen molar-refractivity contribution in [3.8, 4) is 5.75 Å². The van der Waals surface area contributed by atoms with E-state index in [-0.39, 0.29) is 6.04 Å². The van der Waals surface area contributed by atoms with E-state index in [0.717, 1.165) is 24.7 Å². The van der Waals surface area contributed by atoms with Crippen molar-refractivity contribution in [2.45, 2.75) is 45.1 Å². The lowest BCUT2D eigenvalue weighted by Crippen LogP contribution is -2.17. The van der Waals surface area contributed by atoms with E-state index in [0.29, 0.717) is 0 Å². The second-order valence-electron chi connectivity index (χ2n) is 5.29. The Bertz CT molecular complexity index is 343. The summed E-state index contributed by atoms with van der Waals surface area (Å²) in [6, 6.07) is 8.55. The first kappa shape index (κ1) is 12.4. The molecule has 1 unspecified atom stereocenters. The largest absolute Gasteiger partial charge is 0.493 e. The van der Waals surface area contributed by atoms with Crippen LogP contribution in [0.2, 0.25) is 0 Å². The van der Waals surface area contributed by atoms with Crippen molar-refractivity contribution >= 4 is 0 Å². The smallest absolute Gasteiger partial charge is 0.119 e. The fraction of sp³-hybridized carbons (Fsp3) is 0.600. The van der Waals surface area contributed by atoms with E-state index < -0.39 is 0 Å². The molecule has 1 atom stereocenters. The Morgan fingerprint density at radius 1 is 1.35 bits per heavy atom. The van der Waals surface area contributed by atoms with E-state index in [1.165, 1.54) is 31.2 Å². The van der Waals surface area contributed by atoms with Gasteiger partial charge >= 0.3 is 0 Å². The molecule has 0 aromatic heterocycles. The van der Waals surface area contributed by atoms with Crippen LogP contribution in [0.15, 0.2) is 24.3 Å². The first-order valence-corrected chi connectivity index (χ1v) is 6.71. The van der Waals surface area contributed by atoms with Gasteiger partial charge in [0.15, 0.2) is 0 Å². The van der Waals surface area contributed by atoms with Crippen LogP contribution in [0.1, 0.15) is 38.2 Å². The third-order valence-corrected chi connectivity index (χ3v) is 3.42. The van der Waals surface area contributed by atoms with Gasteiger partial charge in [-0.05, 0) is 49.8 Å². The van der Waals surface area contributed by atoms with Gasteiger partial charge in [0.05, 0.1) is 6.61 Å². The second kappa shape index (κ2) is 6.06. The van der Waals surface area contributed by atoms with Gasteiger partial charge < -0.3 is 10.5 Å². The molecule has 2 heteroatoms. The fourth-order valence-electron chi connectivity index (χ4n) is 2.53. The molecule has 1 aliphatic rings. The summed E-state index contributed by atoms with van der Waals surface area (Å²) in [5, 5.41) is 0. The average molecular weight is 233 g/mol. The predicted octanol–water partition coefficient (Wildman–Crippen LogP) is 3.15. The van der Waals surface area contributed by atoms with Crippen LogP contribution in [0.4, 0.5) is 0 Å². The van der Waals surface area contributed by atoms with Crippen LogP contribution < -0.4 is 10.5 Å². The topological polar surface area (TPSA) is 35.2 Å². The standard InChI is InChI=1S/C15H23NO/c1-12(16)9-14-7-4-8-15(10-14)17-11-13-5-2-3-6-13/h4,7-8,10,12-13H,2-3,5-6,9,11,16H2,1H3. The Hall–Kier alpha value is -1.02. The molecule has 0 spiro atoms. The molecule has 17 heavy (non-hydrogen) atoms. The van der Waals surface area contributed by atoms with Gasteiger partial charge in [0.25, 0.3) is 0 Å². The van der Waals surface area contributed by atoms with E-state index in [1.54, 1.807) is 0 Å². The molecule has 2 nitrogen and oxygen atoms in total. The summed E-state index contributed by atoms with van der Waals surface area (Å²) >= 11 is 0. The Labute approximate surface area is 104 Å². The summed E-state index contributed by atoms with van der Waals surface area (Å²) in [6.07, 6.45) is 6.33. The first-order chi connectivity index (χ1) is 8.24. The Morgan fingerprint density at radius 3 is 2.82 bits per heavy atom. The number of nitrogens with two attached hydrogens (primary N) is 1. The number of rotatable bonds is 5. The molecule has 0 heterocycles. The molecule has 1 aromatic carbocycles. The SMILES string of the molecule is CC(N)Cc1cccc(OCC2CCCC2)c1. The Balaban J connectivity index is 1.86. The molecule has 2 rings (SSSR count). The van der Waals surface area contributed by atoms with E-state index >= 15 is 0 Å². The van der Waals surface area contributed by atoms with Crippen LogP contribution in [0.5, 0.6) is 5.75 Å². The highest BCUT2D eigenvalue weighted by atomic mass is 16.5. The molecule has 0 radical (unpaired) electrons. The number of hydrogen-bond donors (Lipinski definition) is 1. The lowest BCUT2D eigenvalue weighted by molar-refractivity contribution is 0.252. The monoisotopic (exact) mass is 233 g/mol. The van der Waals surface area contributed by atoms with Gasteiger partial charge in [0.1, 0.15) is 5.75 Å². The van der Waals surface area contributed by atoms with Crippen molar-refractivity contribution in [1.82, 2.24) is 0 Å². The van der Waals surface area contributed by atoms with Crippen LogP contribution >= 0.6 is 0 Å². The lowest BCUT2D eigenvalue weighted by Gasteiger charge is -2.12. The normalized spacial score (nSPS) is 18.2. The van der Waals surface area contributed by atoms with Gasteiger partial charge in [-0.15, -0.1) is 0 Å². The Kier molecular flexibility index (Phi) is 4.43. The van der Waals surface area contributed by atoms with Crippen LogP contribution in [0.25, 0.3) is 0 Å². The minimum Gasteiger partial charge on any atom is -0.493 e. The maximum absolute atomic E-state index is 5.87. The van der Waals surface area contributed by atoms with E-state index in [4.69, 9.17) is 10.5 Å². The highest BCUT2D eigenvalue weighted by Crippen LogP contribution is 2.25. The summed E-state index contributed by atoms with van der Waals surface area (Å²) in [6.45, 7) is 2.91. The second-order valence-corrected chi connectivity index (χ2v) is 5.29. The highest BCUT2D eigenvalue weighted by molar-refractivity contribution is 5.29. The minimum atomic E-state index is 0.208. The molecule has 1 fully saturated rings. The van der Waals surface area contributed by atoms with Gasteiger partial charge in [-0.3, -0.25) is 0 Å². The fourth-order valence-corrected chi connectivity index (χ4v) is 2.53. The third-order valence-electron chi connectivity index (χ3n) is 3.42. The summed E-state index contributed by atoms with van der Waals surface area (Å²) < 4.78 is 5.87. The number of ether oxygens (including phenoxy) is 1. The molecule has 2 N–H and O–H groups in total. The third kappa shape index (κ3) is 4.04. The lowest BCUT2D eigenvalue weighted by atomic mass is 10.1. The van der Waals surface area contributed by atoms with Gasteiger partial charge in [0.2, 0.25) is 0 Å². The zero-order chi connectivity index (χ0) is 12.1. The maximum Gasteiger partial charge on any atom is 0.119 e. The van der Waals surface area contributed by atoms with Crippen molar-refractivity contribution in [2.75, 3.05) is 6.61 Å². The van der Waals surface area contributed by atoms with Crippen molar-refractivity contribution < 1.29 is 4.74 Å². The van der Waals surface area contributed by atoms with E-state index in [9.17, 15) is 0 Å². The summed E-state index contributed by atoms with van der Waals surface area (Å²) in [5.41, 5.74) is 7.07. The number of hydrogen-bond acceptors (Lipinski definition) is 2.